The third kappa shape index (κ3) is 6.95. The monoisotopic (exact) mass is 397 g/mol. The lowest BCUT2D eigenvalue weighted by Gasteiger charge is -2.31. The van der Waals surface area contributed by atoms with Crippen LogP contribution in [0.3, 0.4) is 0 Å². The van der Waals surface area contributed by atoms with E-state index in [0.29, 0.717) is 18.8 Å². The highest BCUT2D eigenvalue weighted by Crippen LogP contribution is 2.18. The van der Waals surface area contributed by atoms with Gasteiger partial charge in [0, 0.05) is 32.7 Å². The molecule has 150 valence electrons. The zero-order valence-electron chi connectivity index (χ0n) is 15.5. The van der Waals surface area contributed by atoms with Gasteiger partial charge in [0.2, 0.25) is 5.91 Å². The summed E-state index contributed by atoms with van der Waals surface area (Å²) in [5, 5.41) is 9.40. The first-order valence-electron chi connectivity index (χ1n) is 9.09. The molecule has 1 aliphatic rings. The highest BCUT2D eigenvalue weighted by atomic mass is 32.2. The molecular weight excluding hydrogens is 370 g/mol. The third-order valence-electron chi connectivity index (χ3n) is 4.87. The molecule has 1 saturated heterocycles. The highest BCUT2D eigenvalue weighted by Gasteiger charge is 2.28. The van der Waals surface area contributed by atoms with Crippen LogP contribution in [0.4, 0.5) is 0 Å². The summed E-state index contributed by atoms with van der Waals surface area (Å²) in [6.45, 7) is 1.22. The second-order valence-corrected chi connectivity index (χ2v) is 9.07. The maximum atomic E-state index is 12.4. The van der Waals surface area contributed by atoms with E-state index in [1.54, 1.807) is 42.3 Å². The predicted molar refractivity (Wildman–Crippen MR) is 101 cm³/mol. The summed E-state index contributed by atoms with van der Waals surface area (Å²) < 4.78 is 30.0. The van der Waals surface area contributed by atoms with Crippen molar-refractivity contribution in [1.29, 1.82) is 0 Å². The minimum atomic E-state index is -3.59. The van der Waals surface area contributed by atoms with Crippen molar-refractivity contribution >= 4 is 21.7 Å². The Labute approximate surface area is 160 Å². The highest BCUT2D eigenvalue weighted by molar-refractivity contribution is 7.90. The van der Waals surface area contributed by atoms with Gasteiger partial charge in [0.15, 0.2) is 9.84 Å². The average Bonchev–Trinajstić information content (AvgIpc) is 2.65. The van der Waals surface area contributed by atoms with Gasteiger partial charge >= 0.3 is 5.97 Å². The molecule has 1 heterocycles. The lowest BCUT2D eigenvalue weighted by molar-refractivity contribution is -0.141. The number of rotatable bonds is 9. The minimum Gasteiger partial charge on any atom is -0.481 e. The number of carboxylic acid groups (broad SMARTS) is 1. The van der Waals surface area contributed by atoms with E-state index < -0.39 is 27.5 Å². The van der Waals surface area contributed by atoms with Gasteiger partial charge < -0.3 is 14.7 Å². The average molecular weight is 397 g/mol. The first-order valence-corrected chi connectivity index (χ1v) is 10.9. The fourth-order valence-electron chi connectivity index (χ4n) is 3.22. The van der Waals surface area contributed by atoms with Crippen LogP contribution in [0.5, 0.6) is 0 Å². The minimum absolute atomic E-state index is 0.00967. The van der Waals surface area contributed by atoms with Crippen LogP contribution in [0, 0.1) is 5.92 Å². The van der Waals surface area contributed by atoms with Gasteiger partial charge in [-0.2, -0.15) is 0 Å². The van der Waals surface area contributed by atoms with Crippen molar-refractivity contribution in [2.75, 3.05) is 26.0 Å². The molecule has 1 aromatic rings. The molecule has 0 unspecified atom stereocenters. The van der Waals surface area contributed by atoms with Crippen molar-refractivity contribution in [2.45, 2.75) is 37.5 Å². The zero-order chi connectivity index (χ0) is 19.9. The molecule has 8 heteroatoms. The van der Waals surface area contributed by atoms with Crippen molar-refractivity contribution < 1.29 is 27.9 Å². The number of hydrogen-bond donors (Lipinski definition) is 1. The van der Waals surface area contributed by atoms with E-state index >= 15 is 0 Å². The van der Waals surface area contributed by atoms with Crippen LogP contribution in [-0.4, -0.2) is 62.4 Å². The standard InChI is InChI=1S/C19H27NO6S/c1-20(17-9-11-26-12-10-17)18(21)8-7-16(19(22)23)14-27(24,25)13-15-5-3-2-4-6-15/h2-6,16-17H,7-14H2,1H3,(H,22,23)/t16-/m0/s1. The van der Waals surface area contributed by atoms with Crippen molar-refractivity contribution in [1.82, 2.24) is 4.90 Å². The van der Waals surface area contributed by atoms with Crippen LogP contribution >= 0.6 is 0 Å². The van der Waals surface area contributed by atoms with Gasteiger partial charge in [0.1, 0.15) is 0 Å². The SMILES string of the molecule is CN(C(=O)CC[C@@H](CS(=O)(=O)Cc1ccccc1)C(=O)O)C1CCOCC1. The molecule has 0 aromatic heterocycles. The van der Waals surface area contributed by atoms with E-state index in [1.807, 2.05) is 0 Å². The normalized spacial score (nSPS) is 16.6. The molecule has 0 spiro atoms. The summed E-state index contributed by atoms with van der Waals surface area (Å²) in [5.41, 5.74) is 0.622. The fraction of sp³-hybridized carbons (Fsp3) is 0.579. The molecule has 1 aliphatic heterocycles. The fourth-order valence-corrected chi connectivity index (χ4v) is 4.96. The number of benzene rings is 1. The molecule has 7 nitrogen and oxygen atoms in total. The van der Waals surface area contributed by atoms with E-state index in [1.165, 1.54) is 0 Å². The maximum Gasteiger partial charge on any atom is 0.307 e. The van der Waals surface area contributed by atoms with Gasteiger partial charge in [-0.3, -0.25) is 9.59 Å². The molecule has 1 aromatic carbocycles. The smallest absolute Gasteiger partial charge is 0.307 e. The molecule has 0 bridgehead atoms. The number of aliphatic carboxylic acids is 1. The van der Waals surface area contributed by atoms with Crippen molar-refractivity contribution in [3.63, 3.8) is 0 Å². The molecule has 0 radical (unpaired) electrons. The Hall–Kier alpha value is -1.93. The van der Waals surface area contributed by atoms with E-state index in [2.05, 4.69) is 0 Å². The van der Waals surface area contributed by atoms with Crippen LogP contribution in [0.2, 0.25) is 0 Å². The van der Waals surface area contributed by atoms with Crippen molar-refractivity contribution in [3.05, 3.63) is 35.9 Å². The molecule has 27 heavy (non-hydrogen) atoms. The summed E-state index contributed by atoms with van der Waals surface area (Å²) in [5.74, 6) is -3.11. The summed E-state index contributed by atoms with van der Waals surface area (Å²) in [6, 6.07) is 8.75. The second kappa shape index (κ2) is 9.85. The van der Waals surface area contributed by atoms with Crippen LogP contribution in [0.25, 0.3) is 0 Å². The molecule has 1 atom stereocenters. The third-order valence-corrected chi connectivity index (χ3v) is 6.56. The summed E-state index contributed by atoms with van der Waals surface area (Å²) in [7, 11) is -1.88. The van der Waals surface area contributed by atoms with E-state index in [4.69, 9.17) is 4.74 Å². The number of carboxylic acids is 1. The van der Waals surface area contributed by atoms with Crippen molar-refractivity contribution in [3.8, 4) is 0 Å². The Morgan fingerprint density at radius 2 is 1.85 bits per heavy atom. The lowest BCUT2D eigenvalue weighted by atomic mass is 10.0. The first kappa shape index (κ1) is 21.4. The van der Waals surface area contributed by atoms with Crippen LogP contribution in [0.1, 0.15) is 31.2 Å². The number of ether oxygens (including phenoxy) is 1. The van der Waals surface area contributed by atoms with Gasteiger partial charge in [-0.05, 0) is 24.8 Å². The van der Waals surface area contributed by atoms with Gasteiger partial charge in [-0.15, -0.1) is 0 Å². The van der Waals surface area contributed by atoms with E-state index in [-0.39, 0.29) is 30.5 Å². The number of sulfone groups is 1. The Morgan fingerprint density at radius 1 is 1.22 bits per heavy atom. The molecule has 0 saturated carbocycles. The van der Waals surface area contributed by atoms with Crippen LogP contribution in [0.15, 0.2) is 30.3 Å². The van der Waals surface area contributed by atoms with Crippen LogP contribution < -0.4 is 0 Å². The maximum absolute atomic E-state index is 12.4. The van der Waals surface area contributed by atoms with Gasteiger partial charge in [0.25, 0.3) is 0 Å². The zero-order valence-corrected chi connectivity index (χ0v) is 16.4. The van der Waals surface area contributed by atoms with Gasteiger partial charge in [-0.25, -0.2) is 8.42 Å². The summed E-state index contributed by atoms with van der Waals surface area (Å²) in [4.78, 5) is 25.5. The van der Waals surface area contributed by atoms with Gasteiger partial charge in [0.05, 0.1) is 17.4 Å². The molecular formula is C19H27NO6S. The van der Waals surface area contributed by atoms with Crippen molar-refractivity contribution in [2.24, 2.45) is 5.92 Å². The first-order chi connectivity index (χ1) is 12.8. The number of carbonyl (C=O) groups excluding carboxylic acids is 1. The Balaban J connectivity index is 1.90. The number of nitrogens with zero attached hydrogens (tertiary/aromatic N) is 1. The molecule has 0 aliphatic carbocycles. The number of amides is 1. The Bertz CT molecular complexity index is 728. The van der Waals surface area contributed by atoms with E-state index in [0.717, 1.165) is 12.8 Å². The summed E-state index contributed by atoms with van der Waals surface area (Å²) in [6.07, 6.45) is 1.55. The number of hydrogen-bond acceptors (Lipinski definition) is 5. The molecule has 2 rings (SSSR count). The lowest BCUT2D eigenvalue weighted by Crippen LogP contribution is -2.41. The van der Waals surface area contributed by atoms with Gasteiger partial charge in [-0.1, -0.05) is 30.3 Å². The predicted octanol–water partition coefficient (Wildman–Crippen LogP) is 1.72. The topological polar surface area (TPSA) is 101 Å². The largest absolute Gasteiger partial charge is 0.481 e. The number of carbonyl (C=O) groups is 2. The molecule has 1 N–H and O–H groups in total. The summed E-state index contributed by atoms with van der Waals surface area (Å²) >= 11 is 0. The second-order valence-electron chi connectivity index (χ2n) is 6.96. The Morgan fingerprint density at radius 3 is 2.44 bits per heavy atom. The quantitative estimate of drug-likeness (QED) is 0.681. The molecule has 1 amide bonds. The van der Waals surface area contributed by atoms with E-state index in [9.17, 15) is 23.1 Å². The molecule has 1 fully saturated rings. The Kier molecular flexibility index (Phi) is 7.79. The van der Waals surface area contributed by atoms with Crippen LogP contribution in [-0.2, 0) is 29.9 Å².